The number of nitrogens with one attached hydrogen (secondary N) is 1. The molecule has 0 spiro atoms. The molecule has 134 valence electrons. The lowest BCUT2D eigenvalue weighted by molar-refractivity contribution is -0.157. The quantitative estimate of drug-likeness (QED) is 0.750. The molecule has 1 saturated heterocycles. The molecule has 0 bridgehead atoms. The van der Waals surface area contributed by atoms with Gasteiger partial charge < -0.3 is 19.7 Å². The Hall–Kier alpha value is -3.09. The van der Waals surface area contributed by atoms with Gasteiger partial charge in [0, 0.05) is 32.1 Å². The summed E-state index contributed by atoms with van der Waals surface area (Å²) in [6.45, 7) is 3.06. The van der Waals surface area contributed by atoms with Gasteiger partial charge in [-0.15, -0.1) is 0 Å². The van der Waals surface area contributed by atoms with Crippen LogP contribution in [0.1, 0.15) is 18.4 Å². The van der Waals surface area contributed by atoms with Gasteiger partial charge in [0.25, 0.3) is 0 Å². The Balaban J connectivity index is 1.56. The van der Waals surface area contributed by atoms with Crippen molar-refractivity contribution in [2.24, 2.45) is 0 Å². The maximum atomic E-state index is 12.0. The van der Waals surface area contributed by atoms with Gasteiger partial charge in [0.15, 0.2) is 0 Å². The molecule has 0 radical (unpaired) electrons. The van der Waals surface area contributed by atoms with Crippen molar-refractivity contribution in [1.29, 1.82) is 0 Å². The number of anilines is 1. The first-order valence-electron chi connectivity index (χ1n) is 8.59. The fourth-order valence-corrected chi connectivity index (χ4v) is 3.45. The average molecular weight is 352 g/mol. The van der Waals surface area contributed by atoms with Crippen LogP contribution in [-0.4, -0.2) is 44.7 Å². The first kappa shape index (κ1) is 16.4. The van der Waals surface area contributed by atoms with Crippen LogP contribution in [0.4, 0.5) is 5.82 Å². The Bertz CT molecular complexity index is 945. The van der Waals surface area contributed by atoms with E-state index < -0.39 is 11.6 Å². The molecule has 1 aromatic carbocycles. The monoisotopic (exact) mass is 352 g/mol. The SMILES string of the molecule is Cc1cccc(OC2(C(=O)O)CCN(c3ncnc4[nH]ccc34)CC2)c1. The molecule has 2 N–H and O–H groups in total. The molecule has 1 aliphatic rings. The van der Waals surface area contributed by atoms with E-state index in [4.69, 9.17) is 4.74 Å². The van der Waals surface area contributed by atoms with E-state index in [1.54, 1.807) is 6.07 Å². The molecular weight excluding hydrogens is 332 g/mol. The first-order chi connectivity index (χ1) is 12.6. The van der Waals surface area contributed by atoms with Gasteiger partial charge in [0.2, 0.25) is 5.60 Å². The number of nitrogens with zero attached hydrogens (tertiary/aromatic N) is 3. The van der Waals surface area contributed by atoms with Crippen LogP contribution in [-0.2, 0) is 4.79 Å². The van der Waals surface area contributed by atoms with E-state index in [1.807, 2.05) is 37.4 Å². The molecule has 2 aromatic heterocycles. The summed E-state index contributed by atoms with van der Waals surface area (Å²) in [4.78, 5) is 25.8. The number of benzene rings is 1. The molecule has 1 aliphatic heterocycles. The number of carbonyl (C=O) groups is 1. The Morgan fingerprint density at radius 2 is 2.08 bits per heavy atom. The normalized spacial score (nSPS) is 16.6. The van der Waals surface area contributed by atoms with Crippen molar-refractivity contribution < 1.29 is 14.6 Å². The highest BCUT2D eigenvalue weighted by Gasteiger charge is 2.44. The molecule has 1 fully saturated rings. The molecule has 3 heterocycles. The maximum absolute atomic E-state index is 12.0. The van der Waals surface area contributed by atoms with Crippen molar-refractivity contribution in [3.8, 4) is 5.75 Å². The fourth-order valence-electron chi connectivity index (χ4n) is 3.45. The summed E-state index contributed by atoms with van der Waals surface area (Å²) >= 11 is 0. The van der Waals surface area contributed by atoms with Crippen molar-refractivity contribution in [3.05, 3.63) is 48.4 Å². The third-order valence-electron chi connectivity index (χ3n) is 4.90. The summed E-state index contributed by atoms with van der Waals surface area (Å²) in [5.74, 6) is 0.495. The number of fused-ring (bicyclic) bond motifs is 1. The number of rotatable bonds is 4. The van der Waals surface area contributed by atoms with Gasteiger partial charge in [-0.3, -0.25) is 0 Å². The number of ether oxygens (including phenoxy) is 1. The van der Waals surface area contributed by atoms with Crippen molar-refractivity contribution in [1.82, 2.24) is 15.0 Å². The summed E-state index contributed by atoms with van der Waals surface area (Å²) in [7, 11) is 0. The van der Waals surface area contributed by atoms with E-state index in [-0.39, 0.29) is 0 Å². The van der Waals surface area contributed by atoms with E-state index in [9.17, 15) is 9.90 Å². The number of hydrogen-bond acceptors (Lipinski definition) is 5. The molecule has 26 heavy (non-hydrogen) atoms. The summed E-state index contributed by atoms with van der Waals surface area (Å²) < 4.78 is 5.98. The Labute approximate surface area is 150 Å². The molecule has 4 rings (SSSR count). The Morgan fingerprint density at radius 3 is 2.81 bits per heavy atom. The van der Waals surface area contributed by atoms with Gasteiger partial charge in [-0.05, 0) is 30.7 Å². The minimum absolute atomic E-state index is 0.381. The minimum Gasteiger partial charge on any atom is -0.478 e. The van der Waals surface area contributed by atoms with E-state index in [1.165, 1.54) is 6.33 Å². The zero-order valence-electron chi connectivity index (χ0n) is 14.5. The standard InChI is InChI=1S/C19H20N4O3/c1-13-3-2-4-14(11-13)26-19(18(24)25)6-9-23(10-7-19)17-15-5-8-20-16(15)21-12-22-17/h2-5,8,11-12H,6-7,9-10H2,1H3,(H,24,25)(H,20,21,22). The predicted octanol–water partition coefficient (Wildman–Crippen LogP) is 2.77. The number of H-pyrrole nitrogens is 1. The second kappa shape index (κ2) is 6.33. The number of aromatic nitrogens is 3. The number of piperidine rings is 1. The molecule has 0 unspecified atom stereocenters. The Morgan fingerprint density at radius 1 is 1.27 bits per heavy atom. The largest absolute Gasteiger partial charge is 0.478 e. The molecule has 0 saturated carbocycles. The van der Waals surface area contributed by atoms with E-state index >= 15 is 0 Å². The number of carboxylic acid groups (broad SMARTS) is 1. The van der Waals surface area contributed by atoms with Gasteiger partial charge in [-0.1, -0.05) is 12.1 Å². The maximum Gasteiger partial charge on any atom is 0.348 e. The van der Waals surface area contributed by atoms with Crippen LogP contribution < -0.4 is 9.64 Å². The van der Waals surface area contributed by atoms with Gasteiger partial charge in [0.05, 0.1) is 5.39 Å². The second-order valence-corrected chi connectivity index (χ2v) is 6.64. The van der Waals surface area contributed by atoms with Crippen molar-refractivity contribution >= 4 is 22.8 Å². The average Bonchev–Trinajstić information content (AvgIpc) is 3.11. The summed E-state index contributed by atoms with van der Waals surface area (Å²) in [6.07, 6.45) is 4.12. The van der Waals surface area contributed by atoms with E-state index in [0.717, 1.165) is 22.4 Å². The van der Waals surface area contributed by atoms with Crippen molar-refractivity contribution in [2.75, 3.05) is 18.0 Å². The fraction of sp³-hybridized carbons (Fsp3) is 0.316. The first-order valence-corrected chi connectivity index (χ1v) is 8.59. The molecule has 0 aliphatic carbocycles. The second-order valence-electron chi connectivity index (χ2n) is 6.64. The van der Waals surface area contributed by atoms with Crippen LogP contribution in [0.15, 0.2) is 42.9 Å². The lowest BCUT2D eigenvalue weighted by Gasteiger charge is -2.39. The van der Waals surface area contributed by atoms with E-state index in [0.29, 0.717) is 31.7 Å². The molecular formula is C19H20N4O3. The van der Waals surface area contributed by atoms with Gasteiger partial charge >= 0.3 is 5.97 Å². The zero-order chi connectivity index (χ0) is 18.1. The topological polar surface area (TPSA) is 91.3 Å². The molecule has 0 atom stereocenters. The van der Waals surface area contributed by atoms with Crippen LogP contribution in [0.5, 0.6) is 5.75 Å². The minimum atomic E-state index is -1.21. The van der Waals surface area contributed by atoms with Crippen LogP contribution in [0.25, 0.3) is 11.0 Å². The molecule has 7 heteroatoms. The van der Waals surface area contributed by atoms with Gasteiger partial charge in [-0.25, -0.2) is 14.8 Å². The van der Waals surface area contributed by atoms with Gasteiger partial charge in [0.1, 0.15) is 23.5 Å². The Kier molecular flexibility index (Phi) is 3.99. The van der Waals surface area contributed by atoms with Crippen molar-refractivity contribution in [2.45, 2.75) is 25.4 Å². The third-order valence-corrected chi connectivity index (χ3v) is 4.90. The predicted molar refractivity (Wildman–Crippen MR) is 97.5 cm³/mol. The van der Waals surface area contributed by atoms with Crippen LogP contribution >= 0.6 is 0 Å². The van der Waals surface area contributed by atoms with Gasteiger partial charge in [-0.2, -0.15) is 0 Å². The van der Waals surface area contributed by atoms with Crippen LogP contribution in [0.3, 0.4) is 0 Å². The zero-order valence-corrected chi connectivity index (χ0v) is 14.5. The number of aryl methyl sites for hydroxylation is 1. The van der Waals surface area contributed by atoms with E-state index in [2.05, 4.69) is 19.9 Å². The summed E-state index contributed by atoms with van der Waals surface area (Å²) in [5, 5.41) is 10.8. The highest BCUT2D eigenvalue weighted by molar-refractivity contribution is 5.87. The highest BCUT2D eigenvalue weighted by atomic mass is 16.5. The number of aliphatic carboxylic acids is 1. The lowest BCUT2D eigenvalue weighted by atomic mass is 9.91. The number of aromatic amines is 1. The van der Waals surface area contributed by atoms with Crippen LogP contribution in [0.2, 0.25) is 0 Å². The highest BCUT2D eigenvalue weighted by Crippen LogP contribution is 2.33. The molecule has 0 amide bonds. The smallest absolute Gasteiger partial charge is 0.348 e. The summed E-state index contributed by atoms with van der Waals surface area (Å²) in [6, 6.07) is 9.44. The third kappa shape index (κ3) is 2.85. The number of hydrogen-bond donors (Lipinski definition) is 2. The lowest BCUT2D eigenvalue weighted by Crippen LogP contribution is -2.53. The molecule has 3 aromatic rings. The number of carboxylic acids is 1. The molecule has 7 nitrogen and oxygen atoms in total. The van der Waals surface area contributed by atoms with Crippen LogP contribution in [0, 0.1) is 6.92 Å². The van der Waals surface area contributed by atoms with Crippen molar-refractivity contribution in [3.63, 3.8) is 0 Å². The summed E-state index contributed by atoms with van der Waals surface area (Å²) in [5.41, 5.74) is 0.603.